The van der Waals surface area contributed by atoms with Gasteiger partial charge < -0.3 is 14.8 Å². The molecule has 0 amide bonds. The van der Waals surface area contributed by atoms with E-state index in [0.717, 1.165) is 44.1 Å². The summed E-state index contributed by atoms with van der Waals surface area (Å²) in [5, 5.41) is 3.57. The SMILES string of the molecule is CCc1cc2c(cc1C1CCCN1)OCCCO2. The number of fused-ring (bicyclic) bond motifs is 1. The molecule has 3 rings (SSSR count). The lowest BCUT2D eigenvalue weighted by atomic mass is 9.96. The van der Waals surface area contributed by atoms with Crippen molar-refractivity contribution in [2.75, 3.05) is 19.8 Å². The van der Waals surface area contributed by atoms with Gasteiger partial charge in [0.2, 0.25) is 0 Å². The second-order valence-corrected chi connectivity index (χ2v) is 5.05. The van der Waals surface area contributed by atoms with Gasteiger partial charge in [0.05, 0.1) is 13.2 Å². The molecule has 2 aliphatic heterocycles. The third kappa shape index (κ3) is 2.19. The minimum absolute atomic E-state index is 0.497. The first-order valence-electron chi connectivity index (χ1n) is 7.04. The van der Waals surface area contributed by atoms with Crippen LogP contribution in [0.5, 0.6) is 11.5 Å². The number of nitrogens with one attached hydrogen (secondary N) is 1. The standard InChI is InChI=1S/C15H21NO2/c1-2-11-9-14-15(18-8-4-7-17-14)10-12(11)13-5-3-6-16-13/h9-10,13,16H,2-8H2,1H3. The molecule has 1 unspecified atom stereocenters. The van der Waals surface area contributed by atoms with Crippen LogP contribution in [-0.2, 0) is 6.42 Å². The number of rotatable bonds is 2. The van der Waals surface area contributed by atoms with Crippen molar-refractivity contribution >= 4 is 0 Å². The van der Waals surface area contributed by atoms with Crippen molar-refractivity contribution < 1.29 is 9.47 Å². The first-order valence-corrected chi connectivity index (χ1v) is 7.04. The predicted molar refractivity (Wildman–Crippen MR) is 71.4 cm³/mol. The number of hydrogen-bond donors (Lipinski definition) is 1. The number of ether oxygens (including phenoxy) is 2. The van der Waals surface area contributed by atoms with E-state index in [0.29, 0.717) is 6.04 Å². The Morgan fingerprint density at radius 3 is 2.61 bits per heavy atom. The highest BCUT2D eigenvalue weighted by Crippen LogP contribution is 2.37. The molecule has 0 spiro atoms. The van der Waals surface area contributed by atoms with Crippen molar-refractivity contribution in [1.29, 1.82) is 0 Å². The topological polar surface area (TPSA) is 30.5 Å². The van der Waals surface area contributed by atoms with Crippen molar-refractivity contribution in [2.24, 2.45) is 0 Å². The largest absolute Gasteiger partial charge is 0.490 e. The van der Waals surface area contributed by atoms with Gasteiger partial charge in [0.1, 0.15) is 0 Å². The maximum atomic E-state index is 5.80. The van der Waals surface area contributed by atoms with Crippen LogP contribution in [0, 0.1) is 0 Å². The van der Waals surface area contributed by atoms with Gasteiger partial charge in [0, 0.05) is 12.5 Å². The fourth-order valence-electron chi connectivity index (χ4n) is 2.85. The Labute approximate surface area is 108 Å². The summed E-state index contributed by atoms with van der Waals surface area (Å²) in [5.74, 6) is 1.85. The van der Waals surface area contributed by atoms with E-state index in [1.54, 1.807) is 0 Å². The van der Waals surface area contributed by atoms with Crippen molar-refractivity contribution in [2.45, 2.75) is 38.6 Å². The van der Waals surface area contributed by atoms with Crippen molar-refractivity contribution in [1.82, 2.24) is 5.32 Å². The van der Waals surface area contributed by atoms with Crippen molar-refractivity contribution in [3.8, 4) is 11.5 Å². The Balaban J connectivity index is 1.99. The highest BCUT2D eigenvalue weighted by atomic mass is 16.5. The van der Waals surface area contributed by atoms with Gasteiger partial charge in [-0.3, -0.25) is 0 Å². The van der Waals surface area contributed by atoms with Crippen LogP contribution in [-0.4, -0.2) is 19.8 Å². The van der Waals surface area contributed by atoms with E-state index in [4.69, 9.17) is 9.47 Å². The third-order valence-electron chi connectivity index (χ3n) is 3.83. The summed E-state index contributed by atoms with van der Waals surface area (Å²) in [6.45, 7) is 4.85. The van der Waals surface area contributed by atoms with Crippen LogP contribution in [0.1, 0.15) is 43.4 Å². The molecule has 0 aromatic heterocycles. The van der Waals surface area contributed by atoms with Crippen molar-refractivity contribution in [3.63, 3.8) is 0 Å². The quantitative estimate of drug-likeness (QED) is 0.871. The van der Waals surface area contributed by atoms with E-state index >= 15 is 0 Å². The Kier molecular flexibility index (Phi) is 3.41. The summed E-state index contributed by atoms with van der Waals surface area (Å²) >= 11 is 0. The minimum atomic E-state index is 0.497. The van der Waals surface area contributed by atoms with E-state index in [1.807, 2.05) is 0 Å². The van der Waals surface area contributed by atoms with Gasteiger partial charge in [-0.25, -0.2) is 0 Å². The molecule has 0 radical (unpaired) electrons. The van der Waals surface area contributed by atoms with E-state index < -0.39 is 0 Å². The zero-order valence-electron chi connectivity index (χ0n) is 11.0. The van der Waals surface area contributed by atoms with Crippen molar-refractivity contribution in [3.05, 3.63) is 23.3 Å². The van der Waals surface area contributed by atoms with Crippen LogP contribution < -0.4 is 14.8 Å². The monoisotopic (exact) mass is 247 g/mol. The molecule has 0 aliphatic carbocycles. The molecule has 1 atom stereocenters. The molecule has 1 N–H and O–H groups in total. The van der Waals surface area contributed by atoms with E-state index in [2.05, 4.69) is 24.4 Å². The normalized spacial score (nSPS) is 22.8. The number of hydrogen-bond acceptors (Lipinski definition) is 3. The first kappa shape index (κ1) is 11.8. The maximum absolute atomic E-state index is 5.80. The molecule has 0 saturated carbocycles. The Bertz CT molecular complexity index is 425. The highest BCUT2D eigenvalue weighted by molar-refractivity contribution is 5.49. The maximum Gasteiger partial charge on any atom is 0.161 e. The molecule has 0 bridgehead atoms. The molecule has 1 saturated heterocycles. The summed E-state index contributed by atoms with van der Waals surface area (Å²) in [5.41, 5.74) is 2.79. The lowest BCUT2D eigenvalue weighted by Gasteiger charge is -2.18. The van der Waals surface area contributed by atoms with Crippen LogP contribution in [0.2, 0.25) is 0 Å². The second-order valence-electron chi connectivity index (χ2n) is 5.05. The molecule has 3 nitrogen and oxygen atoms in total. The van der Waals surface area contributed by atoms with Crippen LogP contribution in [0.15, 0.2) is 12.1 Å². The van der Waals surface area contributed by atoms with Gasteiger partial charge in [-0.15, -0.1) is 0 Å². The Morgan fingerprint density at radius 2 is 1.94 bits per heavy atom. The molecule has 98 valence electrons. The molecule has 2 aliphatic rings. The fourth-order valence-corrected chi connectivity index (χ4v) is 2.85. The Hall–Kier alpha value is -1.22. The van der Waals surface area contributed by atoms with Gasteiger partial charge in [-0.05, 0) is 49.1 Å². The minimum Gasteiger partial charge on any atom is -0.490 e. The number of aryl methyl sites for hydroxylation is 1. The van der Waals surface area contributed by atoms with Gasteiger partial charge >= 0.3 is 0 Å². The molecular weight excluding hydrogens is 226 g/mol. The molecule has 2 heterocycles. The Morgan fingerprint density at radius 1 is 1.17 bits per heavy atom. The average molecular weight is 247 g/mol. The molecule has 3 heteroatoms. The van der Waals surface area contributed by atoms with E-state index in [-0.39, 0.29) is 0 Å². The van der Waals surface area contributed by atoms with Gasteiger partial charge in [-0.1, -0.05) is 6.92 Å². The van der Waals surface area contributed by atoms with Gasteiger partial charge in [0.25, 0.3) is 0 Å². The molecule has 1 aromatic rings. The van der Waals surface area contributed by atoms with Gasteiger partial charge in [-0.2, -0.15) is 0 Å². The number of benzene rings is 1. The van der Waals surface area contributed by atoms with E-state index in [9.17, 15) is 0 Å². The van der Waals surface area contributed by atoms with E-state index in [1.165, 1.54) is 24.0 Å². The van der Waals surface area contributed by atoms with Gasteiger partial charge in [0.15, 0.2) is 11.5 Å². The predicted octanol–water partition coefficient (Wildman–Crippen LogP) is 2.83. The fraction of sp³-hybridized carbons (Fsp3) is 0.600. The average Bonchev–Trinajstić information content (AvgIpc) is 2.83. The lowest BCUT2D eigenvalue weighted by molar-refractivity contribution is 0.297. The first-order chi connectivity index (χ1) is 8.88. The van der Waals surface area contributed by atoms with Crippen LogP contribution >= 0.6 is 0 Å². The smallest absolute Gasteiger partial charge is 0.161 e. The van der Waals surface area contributed by atoms with Crippen LogP contribution in [0.4, 0.5) is 0 Å². The molecular formula is C15H21NO2. The molecule has 1 fully saturated rings. The summed E-state index contributed by atoms with van der Waals surface area (Å²) in [6.07, 6.45) is 4.51. The second kappa shape index (κ2) is 5.19. The zero-order chi connectivity index (χ0) is 12.4. The lowest BCUT2D eigenvalue weighted by Crippen LogP contribution is -2.15. The molecule has 18 heavy (non-hydrogen) atoms. The van der Waals surface area contributed by atoms with Crippen LogP contribution in [0.25, 0.3) is 0 Å². The summed E-state index contributed by atoms with van der Waals surface area (Å²) in [7, 11) is 0. The molecule has 1 aromatic carbocycles. The third-order valence-corrected chi connectivity index (χ3v) is 3.83. The highest BCUT2D eigenvalue weighted by Gasteiger charge is 2.22. The summed E-state index contributed by atoms with van der Waals surface area (Å²) in [6, 6.07) is 4.87. The summed E-state index contributed by atoms with van der Waals surface area (Å²) in [4.78, 5) is 0. The summed E-state index contributed by atoms with van der Waals surface area (Å²) < 4.78 is 11.6. The van der Waals surface area contributed by atoms with Crippen LogP contribution in [0.3, 0.4) is 0 Å². The zero-order valence-corrected chi connectivity index (χ0v) is 11.0.